The first-order valence-corrected chi connectivity index (χ1v) is 5.94. The molecule has 1 amide bonds. The zero-order valence-corrected chi connectivity index (χ0v) is 10.4. The third-order valence-electron chi connectivity index (χ3n) is 2.66. The lowest BCUT2D eigenvalue weighted by Crippen LogP contribution is -2.31. The number of nitrogens with one attached hydrogen (secondary N) is 1. The molecular formula is C13H19NO4. The van der Waals surface area contributed by atoms with E-state index in [2.05, 4.69) is 5.32 Å². The van der Waals surface area contributed by atoms with Crippen molar-refractivity contribution in [2.75, 3.05) is 13.2 Å². The van der Waals surface area contributed by atoms with Gasteiger partial charge in [-0.15, -0.1) is 0 Å². The van der Waals surface area contributed by atoms with Gasteiger partial charge < -0.3 is 20.6 Å². The van der Waals surface area contributed by atoms with Crippen LogP contribution in [0.15, 0.2) is 18.2 Å². The second-order valence-corrected chi connectivity index (χ2v) is 4.30. The van der Waals surface area contributed by atoms with Gasteiger partial charge in [0.2, 0.25) is 5.91 Å². The molecular weight excluding hydrogens is 234 g/mol. The van der Waals surface area contributed by atoms with Crippen molar-refractivity contribution >= 4 is 5.91 Å². The molecule has 5 heteroatoms. The minimum Gasteiger partial charge on any atom is -0.504 e. The predicted molar refractivity (Wildman–Crippen MR) is 67.4 cm³/mol. The summed E-state index contributed by atoms with van der Waals surface area (Å²) in [6.07, 6.45) is 1.03. The minimum atomic E-state index is -0.229. The number of aromatic hydroxyl groups is 2. The Kier molecular flexibility index (Phi) is 5.45. The van der Waals surface area contributed by atoms with Crippen molar-refractivity contribution in [1.82, 2.24) is 5.32 Å². The predicted octanol–water partition coefficient (Wildman–Crippen LogP) is 0.775. The molecule has 4 N–H and O–H groups in total. The summed E-state index contributed by atoms with van der Waals surface area (Å²) in [7, 11) is 0. The smallest absolute Gasteiger partial charge is 0.223 e. The molecule has 0 saturated heterocycles. The largest absolute Gasteiger partial charge is 0.504 e. The lowest BCUT2D eigenvalue weighted by molar-refractivity contribution is -0.124. The summed E-state index contributed by atoms with van der Waals surface area (Å²) in [4.78, 5) is 11.7. The van der Waals surface area contributed by atoms with Gasteiger partial charge in [-0.3, -0.25) is 4.79 Å². The van der Waals surface area contributed by atoms with Gasteiger partial charge in [0, 0.05) is 19.1 Å². The van der Waals surface area contributed by atoms with Crippen molar-refractivity contribution in [3.63, 3.8) is 0 Å². The minimum absolute atomic E-state index is 0.0560. The first-order valence-electron chi connectivity index (χ1n) is 5.94. The molecule has 1 aromatic carbocycles. The lowest BCUT2D eigenvalue weighted by Gasteiger charge is -2.12. The van der Waals surface area contributed by atoms with E-state index in [9.17, 15) is 15.0 Å². The van der Waals surface area contributed by atoms with Gasteiger partial charge in [-0.25, -0.2) is 0 Å². The number of carbonyl (C=O) groups excluding carboxylic acids is 1. The third kappa shape index (κ3) is 4.25. The van der Waals surface area contributed by atoms with Crippen LogP contribution in [0.3, 0.4) is 0 Å². The first-order chi connectivity index (χ1) is 8.54. The summed E-state index contributed by atoms with van der Waals surface area (Å²) in [6, 6.07) is 4.53. The number of benzene rings is 1. The molecule has 0 aliphatic rings. The summed E-state index contributed by atoms with van der Waals surface area (Å²) >= 11 is 0. The van der Waals surface area contributed by atoms with Crippen LogP contribution in [-0.2, 0) is 11.2 Å². The van der Waals surface area contributed by atoms with Gasteiger partial charge in [0.15, 0.2) is 11.5 Å². The molecule has 0 fully saturated rings. The SMILES string of the molecule is CC(Cc1ccc(O)c(O)c1)C(=O)NCCCO. The highest BCUT2D eigenvalue weighted by Crippen LogP contribution is 2.25. The average Bonchev–Trinajstić information content (AvgIpc) is 2.34. The molecule has 0 spiro atoms. The van der Waals surface area contributed by atoms with E-state index in [0.29, 0.717) is 19.4 Å². The van der Waals surface area contributed by atoms with E-state index in [4.69, 9.17) is 5.11 Å². The highest BCUT2D eigenvalue weighted by Gasteiger charge is 2.13. The number of phenolic OH excluding ortho intramolecular Hbond substituents is 2. The highest BCUT2D eigenvalue weighted by atomic mass is 16.3. The third-order valence-corrected chi connectivity index (χ3v) is 2.66. The summed E-state index contributed by atoms with van der Waals surface area (Å²) in [5.74, 6) is -0.664. The second-order valence-electron chi connectivity index (χ2n) is 4.30. The van der Waals surface area contributed by atoms with Crippen molar-refractivity contribution in [3.05, 3.63) is 23.8 Å². The number of amides is 1. The van der Waals surface area contributed by atoms with E-state index in [0.717, 1.165) is 5.56 Å². The molecule has 0 radical (unpaired) electrons. The standard InChI is InChI=1S/C13H19NO4/c1-9(13(18)14-5-2-6-15)7-10-3-4-11(16)12(17)8-10/h3-4,8-9,15-17H,2,5-7H2,1H3,(H,14,18). The van der Waals surface area contributed by atoms with E-state index in [1.165, 1.54) is 12.1 Å². The molecule has 18 heavy (non-hydrogen) atoms. The quantitative estimate of drug-likeness (QED) is 0.445. The fourth-order valence-electron chi connectivity index (χ4n) is 1.61. The molecule has 1 atom stereocenters. The molecule has 100 valence electrons. The monoisotopic (exact) mass is 253 g/mol. The molecule has 1 rings (SSSR count). The van der Waals surface area contributed by atoms with Gasteiger partial charge in [-0.2, -0.15) is 0 Å². The van der Waals surface area contributed by atoms with Crippen molar-refractivity contribution in [2.24, 2.45) is 5.92 Å². The van der Waals surface area contributed by atoms with Crippen LogP contribution in [-0.4, -0.2) is 34.4 Å². The molecule has 0 saturated carbocycles. The highest BCUT2D eigenvalue weighted by molar-refractivity contribution is 5.78. The van der Waals surface area contributed by atoms with Gasteiger partial charge in [0.05, 0.1) is 0 Å². The molecule has 5 nitrogen and oxygen atoms in total. The van der Waals surface area contributed by atoms with Crippen LogP contribution in [0.1, 0.15) is 18.9 Å². The summed E-state index contributed by atoms with van der Waals surface area (Å²) in [6.45, 7) is 2.30. The Hall–Kier alpha value is -1.75. The maximum absolute atomic E-state index is 11.7. The lowest BCUT2D eigenvalue weighted by atomic mass is 10.00. The van der Waals surface area contributed by atoms with Crippen LogP contribution in [0, 0.1) is 5.92 Å². The van der Waals surface area contributed by atoms with E-state index in [-0.39, 0.29) is 29.9 Å². The second kappa shape index (κ2) is 6.86. The number of hydrogen-bond acceptors (Lipinski definition) is 4. The molecule has 0 aliphatic carbocycles. The van der Waals surface area contributed by atoms with Crippen LogP contribution < -0.4 is 5.32 Å². The van der Waals surface area contributed by atoms with Crippen LogP contribution in [0.25, 0.3) is 0 Å². The molecule has 1 unspecified atom stereocenters. The summed E-state index contributed by atoms with van der Waals surface area (Å²) in [5, 5.41) is 29.8. The van der Waals surface area contributed by atoms with Gasteiger partial charge in [-0.1, -0.05) is 13.0 Å². The zero-order chi connectivity index (χ0) is 13.5. The Bertz CT molecular complexity index is 406. The zero-order valence-electron chi connectivity index (χ0n) is 10.4. The molecule has 0 aromatic heterocycles. The van der Waals surface area contributed by atoms with Crippen LogP contribution >= 0.6 is 0 Å². The number of hydrogen-bond donors (Lipinski definition) is 4. The van der Waals surface area contributed by atoms with Gasteiger partial charge in [0.1, 0.15) is 0 Å². The topological polar surface area (TPSA) is 89.8 Å². The molecule has 0 bridgehead atoms. The van der Waals surface area contributed by atoms with Crippen molar-refractivity contribution in [1.29, 1.82) is 0 Å². The average molecular weight is 253 g/mol. The number of rotatable bonds is 6. The number of phenols is 2. The number of aliphatic hydroxyl groups is 1. The van der Waals surface area contributed by atoms with Crippen molar-refractivity contribution in [2.45, 2.75) is 19.8 Å². The van der Waals surface area contributed by atoms with Crippen LogP contribution in [0.2, 0.25) is 0 Å². The Morgan fingerprint density at radius 3 is 2.67 bits per heavy atom. The molecule has 0 heterocycles. The Morgan fingerprint density at radius 2 is 2.06 bits per heavy atom. The van der Waals surface area contributed by atoms with Crippen LogP contribution in [0.4, 0.5) is 0 Å². The van der Waals surface area contributed by atoms with E-state index < -0.39 is 0 Å². The van der Waals surface area contributed by atoms with E-state index >= 15 is 0 Å². The maximum atomic E-state index is 11.7. The molecule has 0 aliphatic heterocycles. The molecule has 1 aromatic rings. The van der Waals surface area contributed by atoms with Crippen LogP contribution in [0.5, 0.6) is 11.5 Å². The Morgan fingerprint density at radius 1 is 1.33 bits per heavy atom. The van der Waals surface area contributed by atoms with Crippen molar-refractivity contribution in [3.8, 4) is 11.5 Å². The Balaban J connectivity index is 2.50. The fourth-order valence-corrected chi connectivity index (χ4v) is 1.61. The first kappa shape index (κ1) is 14.3. The summed E-state index contributed by atoms with van der Waals surface area (Å²) in [5.41, 5.74) is 0.787. The Labute approximate surface area is 106 Å². The van der Waals surface area contributed by atoms with Gasteiger partial charge in [-0.05, 0) is 30.5 Å². The van der Waals surface area contributed by atoms with Crippen molar-refractivity contribution < 1.29 is 20.1 Å². The number of aliphatic hydroxyl groups excluding tert-OH is 1. The van der Waals surface area contributed by atoms with Gasteiger partial charge in [0.25, 0.3) is 0 Å². The fraction of sp³-hybridized carbons (Fsp3) is 0.462. The summed E-state index contributed by atoms with van der Waals surface area (Å²) < 4.78 is 0. The maximum Gasteiger partial charge on any atom is 0.223 e. The van der Waals surface area contributed by atoms with E-state index in [1.807, 2.05) is 0 Å². The number of carbonyl (C=O) groups is 1. The van der Waals surface area contributed by atoms with E-state index in [1.54, 1.807) is 13.0 Å². The van der Waals surface area contributed by atoms with Gasteiger partial charge >= 0.3 is 0 Å². The normalized spacial score (nSPS) is 12.1.